The van der Waals surface area contributed by atoms with E-state index < -0.39 is 5.41 Å². The molecule has 0 radical (unpaired) electrons. The molecule has 22 aromatic rings. The molecule has 25 rings (SSSR count). The topological polar surface area (TPSA) is 79.5 Å². The number of benzene rings is 16. The maximum absolute atomic E-state index is 6.73. The highest BCUT2D eigenvalue weighted by molar-refractivity contribution is 6.20. The zero-order chi connectivity index (χ0) is 81.0. The molecule has 6 heterocycles. The molecular formula is C113H81N7O. The predicted octanol–water partition coefficient (Wildman–Crippen LogP) is 29.3. The molecule has 0 bridgehead atoms. The quantitative estimate of drug-likeness (QED) is 0.151. The van der Waals surface area contributed by atoms with Crippen molar-refractivity contribution in [1.82, 2.24) is 33.6 Å². The van der Waals surface area contributed by atoms with Crippen molar-refractivity contribution in [3.05, 3.63) is 367 Å². The van der Waals surface area contributed by atoms with Gasteiger partial charge in [-0.05, 0) is 184 Å². The highest BCUT2D eigenvalue weighted by Gasteiger charge is 2.43. The largest absolute Gasteiger partial charge is 0.455 e. The van der Waals surface area contributed by atoms with Crippen molar-refractivity contribution in [3.8, 4) is 107 Å². The first-order chi connectivity index (χ1) is 58.9. The van der Waals surface area contributed by atoms with Crippen LogP contribution in [0.25, 0.3) is 216 Å². The van der Waals surface area contributed by atoms with Gasteiger partial charge in [0, 0.05) is 92.5 Å². The number of hydrogen-bond acceptors (Lipinski definition) is 5. The summed E-state index contributed by atoms with van der Waals surface area (Å²) >= 11 is 0. The van der Waals surface area contributed by atoms with Gasteiger partial charge in [-0.1, -0.05) is 311 Å². The van der Waals surface area contributed by atoms with Crippen molar-refractivity contribution < 1.29 is 4.42 Å². The van der Waals surface area contributed by atoms with Gasteiger partial charge in [0.2, 0.25) is 11.9 Å². The molecule has 574 valence electrons. The highest BCUT2D eigenvalue weighted by Crippen LogP contribution is 2.58. The normalized spacial score (nSPS) is 14.2. The Bertz CT molecular complexity index is 8330. The minimum atomic E-state index is -0.496. The second kappa shape index (κ2) is 24.8. The zero-order valence-electron chi connectivity index (χ0n) is 68.7. The molecule has 0 saturated heterocycles. The summed E-state index contributed by atoms with van der Waals surface area (Å²) in [6, 6.07) is 121. The van der Waals surface area contributed by atoms with E-state index in [1.807, 2.05) is 6.07 Å². The van der Waals surface area contributed by atoms with Crippen LogP contribution >= 0.6 is 0 Å². The summed E-state index contributed by atoms with van der Waals surface area (Å²) < 4.78 is 13.9. The minimum absolute atomic E-state index is 0.00759. The van der Waals surface area contributed by atoms with Crippen molar-refractivity contribution in [1.29, 1.82) is 0 Å². The number of furan rings is 1. The van der Waals surface area contributed by atoms with E-state index in [1.54, 1.807) is 0 Å². The summed E-state index contributed by atoms with van der Waals surface area (Å²) in [4.78, 5) is 22.7. The van der Waals surface area contributed by atoms with Gasteiger partial charge in [-0.15, -0.1) is 0 Å². The molecule has 6 aromatic heterocycles. The van der Waals surface area contributed by atoms with Crippen molar-refractivity contribution in [2.45, 2.75) is 84.0 Å². The smallest absolute Gasteiger partial charge is 0.235 e. The molecule has 0 N–H and O–H groups in total. The van der Waals surface area contributed by atoms with Gasteiger partial charge < -0.3 is 8.98 Å². The molecule has 3 aliphatic carbocycles. The monoisotopic (exact) mass is 1550 g/mol. The summed E-state index contributed by atoms with van der Waals surface area (Å²) in [7, 11) is 0. The second-order valence-corrected chi connectivity index (χ2v) is 36.3. The SMILES string of the molecule is CC(C)(C)c1ccc(-c2nc(-n3c4ccc(-c5cccc6c5oc5ccccc56)cc4c4ccc5c(c43)C(C)(C)c3cc(-c4cccc6c4c4ccccc4n6-c4ccc(-c6nc(-n7c8ccc(-c9cccc%10c9C(C)(C)c9ccccc9-%10)cc8c8c9c(ccc87)-c7ccccc7C9(C)C)nc7ccccc67)cc4)ccc3-5)nc3ccccc23)cc1. The summed E-state index contributed by atoms with van der Waals surface area (Å²) in [5, 5.41) is 11.3. The fourth-order valence-corrected chi connectivity index (χ4v) is 22.0. The Labute approximate surface area is 700 Å². The maximum Gasteiger partial charge on any atom is 0.235 e. The molecule has 3 aliphatic rings. The molecule has 8 heteroatoms. The van der Waals surface area contributed by atoms with Crippen LogP contribution < -0.4 is 0 Å². The van der Waals surface area contributed by atoms with Gasteiger partial charge in [-0.25, -0.2) is 19.9 Å². The van der Waals surface area contributed by atoms with Gasteiger partial charge in [0.25, 0.3) is 0 Å². The van der Waals surface area contributed by atoms with Crippen LogP contribution in [-0.4, -0.2) is 33.6 Å². The van der Waals surface area contributed by atoms with Crippen molar-refractivity contribution in [2.24, 2.45) is 0 Å². The summed E-state index contributed by atoms with van der Waals surface area (Å²) in [6.07, 6.45) is 0. The lowest BCUT2D eigenvalue weighted by atomic mass is 9.78. The summed E-state index contributed by atoms with van der Waals surface area (Å²) in [5.41, 5.74) is 37.7. The van der Waals surface area contributed by atoms with E-state index in [9.17, 15) is 0 Å². The van der Waals surface area contributed by atoms with Gasteiger partial charge in [0.15, 0.2) is 0 Å². The summed E-state index contributed by atoms with van der Waals surface area (Å²) in [6.45, 7) is 21.2. The Kier molecular flexibility index (Phi) is 14.2. The molecule has 16 aromatic carbocycles. The maximum atomic E-state index is 6.73. The Balaban J connectivity index is 0.618. The van der Waals surface area contributed by atoms with Crippen LogP contribution in [0.15, 0.2) is 332 Å². The van der Waals surface area contributed by atoms with Crippen molar-refractivity contribution >= 4 is 109 Å². The van der Waals surface area contributed by atoms with Crippen LogP contribution in [0, 0.1) is 0 Å². The van der Waals surface area contributed by atoms with Gasteiger partial charge in [-0.2, -0.15) is 0 Å². The predicted molar refractivity (Wildman–Crippen MR) is 502 cm³/mol. The lowest BCUT2D eigenvalue weighted by Crippen LogP contribution is -2.17. The molecule has 0 aliphatic heterocycles. The van der Waals surface area contributed by atoms with Crippen molar-refractivity contribution in [3.63, 3.8) is 0 Å². The van der Waals surface area contributed by atoms with Gasteiger partial charge >= 0.3 is 0 Å². The summed E-state index contributed by atoms with van der Waals surface area (Å²) in [5.74, 6) is 1.26. The van der Waals surface area contributed by atoms with E-state index in [2.05, 4.69) is 398 Å². The van der Waals surface area contributed by atoms with E-state index in [0.717, 1.165) is 133 Å². The van der Waals surface area contributed by atoms with Crippen LogP contribution in [0.5, 0.6) is 0 Å². The van der Waals surface area contributed by atoms with Crippen LogP contribution in [0.1, 0.15) is 101 Å². The molecule has 0 spiro atoms. The molecular weight excluding hydrogens is 1470 g/mol. The van der Waals surface area contributed by atoms with E-state index >= 15 is 0 Å². The lowest BCUT2D eigenvalue weighted by molar-refractivity contribution is 0.590. The van der Waals surface area contributed by atoms with Crippen LogP contribution in [0.4, 0.5) is 0 Å². The standard InChI is InChI=1S/C113H81N7O/c1-110(2,3)69-50-43-64(44-51-69)104-84-29-13-19-39-92(84)115-109(117-104)120-94-58-49-67(73-33-23-35-82-77-27-15-21-42-98(77)121-107(73)82)61-86(94)81-56-55-80-76-54-47-68(63-90(76)113(8,9)103(80)106(81)120)71-31-24-41-96-99(71)85-30-14-20-40-93(85)118(96)70-52-45-65(46-53-70)105-83-28-12-18-38-91(83)114-108(116-105)119-95-59-48-66(72-32-22-34-78-74-25-10-16-36-88(74)111(4,5)101(72)78)62-87(95)100-97(119)60-57-79-75-26-11-17-37-89(75)112(6,7)102(79)100/h10-63H,1-9H3. The number of rotatable bonds is 8. The lowest BCUT2D eigenvalue weighted by Gasteiger charge is -2.24. The molecule has 8 nitrogen and oxygen atoms in total. The zero-order valence-corrected chi connectivity index (χ0v) is 68.7. The fraction of sp³-hybridized carbons (Fsp3) is 0.115. The van der Waals surface area contributed by atoms with E-state index in [0.29, 0.717) is 11.9 Å². The average Bonchev–Trinajstić information content (AvgIpc) is 1.54. The molecule has 0 fully saturated rings. The van der Waals surface area contributed by atoms with Crippen LogP contribution in [0.3, 0.4) is 0 Å². The second-order valence-electron chi connectivity index (χ2n) is 36.3. The Morgan fingerprint density at radius 2 is 0.727 bits per heavy atom. The van der Waals surface area contributed by atoms with Gasteiger partial charge in [-0.3, -0.25) is 9.13 Å². The van der Waals surface area contributed by atoms with Crippen LogP contribution in [0.2, 0.25) is 0 Å². The molecule has 0 atom stereocenters. The first-order valence-electron chi connectivity index (χ1n) is 42.3. The number of fused-ring (bicyclic) bond motifs is 25. The van der Waals surface area contributed by atoms with Gasteiger partial charge in [0.05, 0.1) is 55.5 Å². The van der Waals surface area contributed by atoms with Gasteiger partial charge in [0.1, 0.15) is 11.2 Å². The third-order valence-electron chi connectivity index (χ3n) is 27.6. The molecule has 0 amide bonds. The highest BCUT2D eigenvalue weighted by atomic mass is 16.3. The molecule has 0 saturated carbocycles. The van der Waals surface area contributed by atoms with Crippen molar-refractivity contribution in [2.75, 3.05) is 0 Å². The molecule has 121 heavy (non-hydrogen) atoms. The first-order valence-corrected chi connectivity index (χ1v) is 42.3. The number of nitrogens with zero attached hydrogens (tertiary/aromatic N) is 7. The third kappa shape index (κ3) is 9.73. The average molecular weight is 1550 g/mol. The van der Waals surface area contributed by atoms with E-state index in [1.165, 1.54) is 111 Å². The van der Waals surface area contributed by atoms with Crippen LogP contribution in [-0.2, 0) is 21.7 Å². The Morgan fingerprint density at radius 1 is 0.273 bits per heavy atom. The fourth-order valence-electron chi connectivity index (χ4n) is 22.0. The third-order valence-corrected chi connectivity index (χ3v) is 27.6. The number of para-hydroxylation sites is 5. The Morgan fingerprint density at radius 3 is 1.45 bits per heavy atom. The number of aromatic nitrogens is 7. The number of hydrogen-bond donors (Lipinski definition) is 0. The minimum Gasteiger partial charge on any atom is -0.455 e. The van der Waals surface area contributed by atoms with E-state index in [4.69, 9.17) is 24.4 Å². The Hall–Kier alpha value is -14.6. The first kappa shape index (κ1) is 69.5. The van der Waals surface area contributed by atoms with E-state index in [-0.39, 0.29) is 16.2 Å². The molecule has 0 unspecified atom stereocenters.